The van der Waals surface area contributed by atoms with Gasteiger partial charge in [0.25, 0.3) is 10.0 Å². The van der Waals surface area contributed by atoms with Gasteiger partial charge in [-0.3, -0.25) is 4.72 Å². The van der Waals surface area contributed by atoms with Gasteiger partial charge >= 0.3 is 0 Å². The van der Waals surface area contributed by atoms with Gasteiger partial charge < -0.3 is 5.11 Å². The highest BCUT2D eigenvalue weighted by atomic mass is 32.2. The Balaban J connectivity index is 2.14. The lowest BCUT2D eigenvalue weighted by Crippen LogP contribution is -2.13. The van der Waals surface area contributed by atoms with Crippen molar-refractivity contribution in [3.05, 3.63) is 66.7 Å². The molecule has 3 rings (SSSR count). The van der Waals surface area contributed by atoms with Gasteiger partial charge in [-0.15, -0.1) is 0 Å². The van der Waals surface area contributed by atoms with E-state index in [2.05, 4.69) is 4.72 Å². The number of benzene rings is 3. The van der Waals surface area contributed by atoms with Gasteiger partial charge in [-0.1, -0.05) is 42.5 Å². The van der Waals surface area contributed by atoms with Crippen LogP contribution in [-0.4, -0.2) is 13.5 Å². The molecule has 106 valence electrons. The molecule has 0 fully saturated rings. The van der Waals surface area contributed by atoms with Gasteiger partial charge in [-0.25, -0.2) is 8.42 Å². The number of sulfonamides is 1. The Morgan fingerprint density at radius 1 is 0.762 bits per heavy atom. The SMILES string of the molecule is O=S(=O)(Nc1ccccc1)c1ccc(O)c2ccccc12. The normalized spacial score (nSPS) is 11.4. The first-order valence-corrected chi connectivity index (χ1v) is 7.85. The summed E-state index contributed by atoms with van der Waals surface area (Å²) in [6.45, 7) is 0. The quantitative estimate of drug-likeness (QED) is 0.779. The van der Waals surface area contributed by atoms with Gasteiger partial charge in [0.1, 0.15) is 5.75 Å². The number of phenols is 1. The molecule has 3 aromatic rings. The van der Waals surface area contributed by atoms with E-state index in [-0.39, 0.29) is 10.6 Å². The van der Waals surface area contributed by atoms with E-state index in [9.17, 15) is 13.5 Å². The van der Waals surface area contributed by atoms with E-state index in [1.54, 1.807) is 48.5 Å². The maximum Gasteiger partial charge on any atom is 0.262 e. The molecule has 5 heteroatoms. The topological polar surface area (TPSA) is 66.4 Å². The molecule has 21 heavy (non-hydrogen) atoms. The summed E-state index contributed by atoms with van der Waals surface area (Å²) in [4.78, 5) is 0.139. The van der Waals surface area contributed by atoms with Crippen molar-refractivity contribution in [3.63, 3.8) is 0 Å². The van der Waals surface area contributed by atoms with Crippen LogP contribution in [0.5, 0.6) is 5.75 Å². The molecule has 0 heterocycles. The van der Waals surface area contributed by atoms with Crippen molar-refractivity contribution in [2.45, 2.75) is 4.90 Å². The molecule has 0 unspecified atom stereocenters. The van der Waals surface area contributed by atoms with Crippen LogP contribution in [0.15, 0.2) is 71.6 Å². The van der Waals surface area contributed by atoms with Crippen molar-refractivity contribution < 1.29 is 13.5 Å². The summed E-state index contributed by atoms with van der Waals surface area (Å²) in [5.74, 6) is 0.0595. The molecule has 4 nitrogen and oxygen atoms in total. The fourth-order valence-electron chi connectivity index (χ4n) is 2.21. The average molecular weight is 299 g/mol. The third-order valence-electron chi connectivity index (χ3n) is 3.18. The highest BCUT2D eigenvalue weighted by Gasteiger charge is 2.18. The Kier molecular flexibility index (Phi) is 3.27. The van der Waals surface area contributed by atoms with E-state index in [4.69, 9.17) is 0 Å². The first-order valence-electron chi connectivity index (χ1n) is 6.36. The minimum Gasteiger partial charge on any atom is -0.507 e. The predicted octanol–water partition coefficient (Wildman–Crippen LogP) is 3.35. The van der Waals surface area contributed by atoms with Gasteiger partial charge in [0, 0.05) is 16.5 Å². The number of para-hydroxylation sites is 1. The molecule has 0 aliphatic carbocycles. The second-order valence-electron chi connectivity index (χ2n) is 4.60. The third kappa shape index (κ3) is 2.55. The van der Waals surface area contributed by atoms with Gasteiger partial charge in [-0.05, 0) is 24.3 Å². The maximum absolute atomic E-state index is 12.5. The Hall–Kier alpha value is -2.53. The van der Waals surface area contributed by atoms with Crippen LogP contribution in [0.1, 0.15) is 0 Å². The van der Waals surface area contributed by atoms with Gasteiger partial charge in [0.15, 0.2) is 0 Å². The Bertz CT molecular complexity index is 890. The van der Waals surface area contributed by atoms with Crippen LogP contribution in [0.25, 0.3) is 10.8 Å². The van der Waals surface area contributed by atoms with Crippen LogP contribution in [-0.2, 0) is 10.0 Å². The lowest BCUT2D eigenvalue weighted by molar-refractivity contribution is 0.481. The van der Waals surface area contributed by atoms with Crippen molar-refractivity contribution in [2.24, 2.45) is 0 Å². The van der Waals surface area contributed by atoms with Gasteiger partial charge in [-0.2, -0.15) is 0 Å². The minimum absolute atomic E-state index is 0.0595. The molecule has 0 aromatic heterocycles. The number of hydrogen-bond donors (Lipinski definition) is 2. The van der Waals surface area contributed by atoms with E-state index in [1.165, 1.54) is 12.1 Å². The second kappa shape index (κ2) is 5.10. The number of aromatic hydroxyl groups is 1. The molecule has 0 amide bonds. The lowest BCUT2D eigenvalue weighted by atomic mass is 10.1. The molecule has 0 bridgehead atoms. The summed E-state index contributed by atoms with van der Waals surface area (Å²) >= 11 is 0. The molecule has 0 radical (unpaired) electrons. The van der Waals surface area contributed by atoms with E-state index in [0.29, 0.717) is 16.5 Å². The average Bonchev–Trinajstić information content (AvgIpc) is 2.48. The van der Waals surface area contributed by atoms with Crippen LogP contribution < -0.4 is 4.72 Å². The second-order valence-corrected chi connectivity index (χ2v) is 6.25. The van der Waals surface area contributed by atoms with Crippen molar-refractivity contribution in [2.75, 3.05) is 4.72 Å². The number of rotatable bonds is 3. The minimum atomic E-state index is -3.72. The lowest BCUT2D eigenvalue weighted by Gasteiger charge is -2.11. The molecular weight excluding hydrogens is 286 g/mol. The Morgan fingerprint density at radius 3 is 2.10 bits per heavy atom. The summed E-state index contributed by atoms with van der Waals surface area (Å²) < 4.78 is 27.6. The molecule has 0 aliphatic rings. The van der Waals surface area contributed by atoms with Crippen LogP contribution >= 0.6 is 0 Å². The van der Waals surface area contributed by atoms with Crippen LogP contribution in [0.2, 0.25) is 0 Å². The van der Waals surface area contributed by atoms with E-state index >= 15 is 0 Å². The van der Waals surface area contributed by atoms with E-state index in [1.807, 2.05) is 6.07 Å². The number of anilines is 1. The monoisotopic (exact) mass is 299 g/mol. The fourth-order valence-corrected chi connectivity index (χ4v) is 3.48. The predicted molar refractivity (Wildman–Crippen MR) is 82.9 cm³/mol. The largest absolute Gasteiger partial charge is 0.507 e. The first kappa shape index (κ1) is 13.5. The molecular formula is C16H13NO3S. The highest BCUT2D eigenvalue weighted by Crippen LogP contribution is 2.30. The first-order chi connectivity index (χ1) is 10.1. The highest BCUT2D eigenvalue weighted by molar-refractivity contribution is 7.93. The molecule has 0 saturated heterocycles. The zero-order valence-corrected chi connectivity index (χ0v) is 11.8. The maximum atomic E-state index is 12.5. The fraction of sp³-hybridized carbons (Fsp3) is 0. The molecule has 0 saturated carbocycles. The molecule has 2 N–H and O–H groups in total. The summed E-state index contributed by atoms with van der Waals surface area (Å²) in [7, 11) is -3.72. The summed E-state index contributed by atoms with van der Waals surface area (Å²) in [5.41, 5.74) is 0.495. The van der Waals surface area contributed by atoms with Crippen molar-refractivity contribution in [3.8, 4) is 5.75 Å². The van der Waals surface area contributed by atoms with Gasteiger partial charge in [0.05, 0.1) is 4.90 Å². The van der Waals surface area contributed by atoms with Gasteiger partial charge in [0.2, 0.25) is 0 Å². The summed E-state index contributed by atoms with van der Waals surface area (Å²) in [6, 6.07) is 18.3. The van der Waals surface area contributed by atoms with Crippen molar-refractivity contribution in [1.29, 1.82) is 0 Å². The molecule has 0 aliphatic heterocycles. The van der Waals surface area contributed by atoms with Crippen molar-refractivity contribution >= 4 is 26.5 Å². The zero-order valence-electron chi connectivity index (χ0n) is 11.0. The molecule has 0 spiro atoms. The van der Waals surface area contributed by atoms with Crippen molar-refractivity contribution in [1.82, 2.24) is 0 Å². The summed E-state index contributed by atoms with van der Waals surface area (Å²) in [6.07, 6.45) is 0. The van der Waals surface area contributed by atoms with E-state index < -0.39 is 10.0 Å². The van der Waals surface area contributed by atoms with E-state index in [0.717, 1.165) is 0 Å². The Morgan fingerprint density at radius 2 is 1.38 bits per heavy atom. The third-order valence-corrected chi connectivity index (χ3v) is 4.62. The number of hydrogen-bond acceptors (Lipinski definition) is 3. The number of phenolic OH excluding ortho intramolecular Hbond substituents is 1. The summed E-state index contributed by atoms with van der Waals surface area (Å²) in [5, 5.41) is 10.8. The number of fused-ring (bicyclic) bond motifs is 1. The Labute approximate surface area is 122 Å². The van der Waals surface area contributed by atoms with Crippen LogP contribution in [0.3, 0.4) is 0 Å². The molecule has 3 aromatic carbocycles. The smallest absolute Gasteiger partial charge is 0.262 e. The molecule has 0 atom stereocenters. The standard InChI is InChI=1S/C16H13NO3S/c18-15-10-11-16(14-9-5-4-8-13(14)15)21(19,20)17-12-6-2-1-3-7-12/h1-11,17-18H. The van der Waals surface area contributed by atoms with Crippen LogP contribution in [0, 0.1) is 0 Å². The number of nitrogens with one attached hydrogen (secondary N) is 1. The van der Waals surface area contributed by atoms with Crippen LogP contribution in [0.4, 0.5) is 5.69 Å². The zero-order chi connectivity index (χ0) is 14.9.